The maximum Gasteiger partial charge on any atom is 0.415 e. The Balaban J connectivity index is 1.64. The zero-order valence-corrected chi connectivity index (χ0v) is 24.6. The summed E-state index contributed by atoms with van der Waals surface area (Å²) < 4.78 is 55.1. The number of carbonyl (C=O) groups excluding carboxylic acids is 2. The van der Waals surface area contributed by atoms with E-state index in [0.717, 1.165) is 23.3 Å². The molecule has 5 rings (SSSR count). The molecule has 1 saturated carbocycles. The van der Waals surface area contributed by atoms with Crippen LogP contribution in [0.5, 0.6) is 11.5 Å². The molecule has 0 saturated heterocycles. The molecule has 226 valence electrons. The third-order valence-corrected chi connectivity index (χ3v) is 6.91. The van der Waals surface area contributed by atoms with Gasteiger partial charge in [-0.3, -0.25) is 14.1 Å². The number of carbonyl (C=O) groups is 2. The van der Waals surface area contributed by atoms with Gasteiger partial charge in [0.1, 0.15) is 22.9 Å². The van der Waals surface area contributed by atoms with Crippen LogP contribution in [0.2, 0.25) is 0 Å². The monoisotopic (exact) mass is 594 g/mol. The summed E-state index contributed by atoms with van der Waals surface area (Å²) in [6, 6.07) is 11.3. The number of nitrogens with zero attached hydrogens (tertiary/aromatic N) is 3. The molecule has 8 nitrogen and oxygen atoms in total. The lowest BCUT2D eigenvalue weighted by Gasteiger charge is -2.27. The van der Waals surface area contributed by atoms with Gasteiger partial charge in [-0.15, -0.1) is 0 Å². The second-order valence-electron chi connectivity index (χ2n) is 11.6. The fraction of sp³-hybridized carbons (Fsp3) is 0.344. The van der Waals surface area contributed by atoms with Gasteiger partial charge in [-0.25, -0.2) is 22.9 Å². The van der Waals surface area contributed by atoms with Crippen LogP contribution in [0.15, 0.2) is 54.9 Å². The summed E-state index contributed by atoms with van der Waals surface area (Å²) in [6.45, 7) is 7.33. The van der Waals surface area contributed by atoms with Gasteiger partial charge in [-0.05, 0) is 77.3 Å². The van der Waals surface area contributed by atoms with Crippen LogP contribution in [0, 0.1) is 19.7 Å². The van der Waals surface area contributed by atoms with Crippen LogP contribution >= 0.6 is 0 Å². The maximum absolute atomic E-state index is 14.3. The molecule has 0 atom stereocenters. The molecule has 0 bridgehead atoms. The number of aromatic nitrogens is 2. The first-order chi connectivity index (χ1) is 20.3. The second kappa shape index (κ2) is 11.6. The first-order valence-corrected chi connectivity index (χ1v) is 14.0. The van der Waals surface area contributed by atoms with E-state index in [1.165, 1.54) is 18.2 Å². The SMILES string of the molecule is Cc1cc(-c2cnc3c(N(CC(F)F)C(=O)OC(C)(C)C)cc(Oc4cccc(F)c4C)cn23)ccc1C(=O)NC1CC1. The van der Waals surface area contributed by atoms with Crippen LogP contribution in [0.4, 0.5) is 23.7 Å². The van der Waals surface area contributed by atoms with Crippen molar-refractivity contribution in [2.75, 3.05) is 11.4 Å². The Kier molecular flexibility index (Phi) is 8.09. The standard InChI is InChI=1S/C32H33F3N4O4/c1-18-13-20(9-12-23(18)30(40)37-21-10-11-21)26-15-36-29-25(39(17-28(34)35)31(41)43-32(3,4)5)14-22(16-38(26)29)42-27-8-6-7-24(33)19(27)2/h6-9,12-16,21,28H,10-11,17H2,1-5H3,(H,37,40). The summed E-state index contributed by atoms with van der Waals surface area (Å²) in [5, 5.41) is 2.99. The summed E-state index contributed by atoms with van der Waals surface area (Å²) >= 11 is 0. The highest BCUT2D eigenvalue weighted by molar-refractivity contribution is 5.97. The first-order valence-electron chi connectivity index (χ1n) is 14.0. The molecule has 0 aliphatic heterocycles. The van der Waals surface area contributed by atoms with E-state index in [-0.39, 0.29) is 40.3 Å². The summed E-state index contributed by atoms with van der Waals surface area (Å²) in [4.78, 5) is 31.2. The molecule has 1 aliphatic rings. The van der Waals surface area contributed by atoms with Crippen molar-refractivity contribution in [1.82, 2.24) is 14.7 Å². The number of anilines is 1. The van der Waals surface area contributed by atoms with Crippen molar-refractivity contribution < 1.29 is 32.2 Å². The molecule has 2 aromatic heterocycles. The Morgan fingerprint density at radius 2 is 1.88 bits per heavy atom. The number of benzene rings is 2. The number of pyridine rings is 1. The number of halogens is 3. The Morgan fingerprint density at radius 1 is 1.14 bits per heavy atom. The van der Waals surface area contributed by atoms with Gasteiger partial charge in [0.2, 0.25) is 0 Å². The molecule has 0 radical (unpaired) electrons. The van der Waals surface area contributed by atoms with E-state index in [2.05, 4.69) is 10.3 Å². The Hall–Kier alpha value is -4.54. The van der Waals surface area contributed by atoms with Crippen molar-refractivity contribution >= 4 is 23.3 Å². The summed E-state index contributed by atoms with van der Waals surface area (Å²) in [6.07, 6.45) is 1.21. The number of fused-ring (bicyclic) bond motifs is 1. The molecule has 1 N–H and O–H groups in total. The van der Waals surface area contributed by atoms with Gasteiger partial charge in [0, 0.05) is 28.8 Å². The van der Waals surface area contributed by atoms with Crippen molar-refractivity contribution in [2.45, 2.75) is 65.5 Å². The van der Waals surface area contributed by atoms with Crippen molar-refractivity contribution in [3.63, 3.8) is 0 Å². The highest BCUT2D eigenvalue weighted by Gasteiger charge is 2.30. The molecule has 1 fully saturated rings. The number of amides is 2. The Labute approximate surface area is 247 Å². The van der Waals surface area contributed by atoms with Gasteiger partial charge in [-0.1, -0.05) is 12.1 Å². The minimum absolute atomic E-state index is 0.0181. The van der Waals surface area contributed by atoms with Crippen LogP contribution in [0.3, 0.4) is 0 Å². The van der Waals surface area contributed by atoms with Gasteiger partial charge in [-0.2, -0.15) is 0 Å². The van der Waals surface area contributed by atoms with Crippen molar-refractivity contribution in [3.8, 4) is 22.8 Å². The van der Waals surface area contributed by atoms with E-state index in [1.807, 2.05) is 13.0 Å². The fourth-order valence-corrected chi connectivity index (χ4v) is 4.63. The normalized spacial score (nSPS) is 13.3. The third-order valence-electron chi connectivity index (χ3n) is 6.91. The zero-order valence-electron chi connectivity index (χ0n) is 24.6. The van der Waals surface area contributed by atoms with Crippen molar-refractivity contribution in [2.24, 2.45) is 0 Å². The van der Waals surface area contributed by atoms with Crippen LogP contribution in [0.1, 0.15) is 55.1 Å². The topological polar surface area (TPSA) is 85.2 Å². The Morgan fingerprint density at radius 3 is 2.53 bits per heavy atom. The summed E-state index contributed by atoms with van der Waals surface area (Å²) in [5.74, 6) is -0.258. The fourth-order valence-electron chi connectivity index (χ4n) is 4.63. The van der Waals surface area contributed by atoms with Crippen molar-refractivity contribution in [1.29, 1.82) is 0 Å². The third kappa shape index (κ3) is 6.76. The highest BCUT2D eigenvalue weighted by Crippen LogP contribution is 2.35. The lowest BCUT2D eigenvalue weighted by Crippen LogP contribution is -2.40. The molecule has 4 aromatic rings. The molecular weight excluding hydrogens is 561 g/mol. The average Bonchev–Trinajstić information content (AvgIpc) is 3.63. The number of hydrogen-bond donors (Lipinski definition) is 1. The predicted molar refractivity (Wildman–Crippen MR) is 157 cm³/mol. The van der Waals surface area contributed by atoms with Gasteiger partial charge in [0.05, 0.1) is 30.3 Å². The summed E-state index contributed by atoms with van der Waals surface area (Å²) in [5.41, 5.74) is 2.04. The van der Waals surface area contributed by atoms with E-state index in [4.69, 9.17) is 9.47 Å². The van der Waals surface area contributed by atoms with Gasteiger partial charge < -0.3 is 14.8 Å². The Bertz CT molecular complexity index is 1690. The van der Waals surface area contributed by atoms with Gasteiger partial charge >= 0.3 is 6.09 Å². The molecule has 2 heterocycles. The molecule has 43 heavy (non-hydrogen) atoms. The molecule has 2 amide bonds. The number of ether oxygens (including phenoxy) is 2. The van der Waals surface area contributed by atoms with Crippen LogP contribution < -0.4 is 15.0 Å². The van der Waals surface area contributed by atoms with Gasteiger partial charge in [0.25, 0.3) is 12.3 Å². The summed E-state index contributed by atoms with van der Waals surface area (Å²) in [7, 11) is 0. The molecular formula is C32H33F3N4O4. The molecule has 0 unspecified atom stereocenters. The second-order valence-corrected chi connectivity index (χ2v) is 11.6. The van der Waals surface area contributed by atoms with E-state index in [0.29, 0.717) is 16.8 Å². The number of imidazole rings is 1. The van der Waals surface area contributed by atoms with E-state index >= 15 is 0 Å². The number of aryl methyl sites for hydroxylation is 1. The maximum atomic E-state index is 14.3. The van der Waals surface area contributed by atoms with E-state index < -0.39 is 30.5 Å². The lowest BCUT2D eigenvalue weighted by molar-refractivity contribution is 0.0543. The smallest absolute Gasteiger partial charge is 0.415 e. The quantitative estimate of drug-likeness (QED) is 0.229. The van der Waals surface area contributed by atoms with Crippen molar-refractivity contribution in [3.05, 3.63) is 77.4 Å². The zero-order chi connectivity index (χ0) is 31.1. The number of rotatable bonds is 8. The number of alkyl halides is 2. The molecule has 0 spiro atoms. The largest absolute Gasteiger partial charge is 0.455 e. The van der Waals surface area contributed by atoms with E-state index in [1.54, 1.807) is 62.7 Å². The average molecular weight is 595 g/mol. The van der Waals surface area contributed by atoms with Gasteiger partial charge in [0.15, 0.2) is 5.65 Å². The molecule has 1 aliphatic carbocycles. The van der Waals surface area contributed by atoms with E-state index in [9.17, 15) is 22.8 Å². The first kappa shape index (κ1) is 29.9. The van der Waals surface area contributed by atoms with Crippen LogP contribution in [-0.2, 0) is 4.74 Å². The molecule has 11 heteroatoms. The predicted octanol–water partition coefficient (Wildman–Crippen LogP) is 7.45. The highest BCUT2D eigenvalue weighted by atomic mass is 19.3. The molecule has 2 aromatic carbocycles. The number of hydrogen-bond acceptors (Lipinski definition) is 5. The number of nitrogens with one attached hydrogen (secondary N) is 1. The van der Waals surface area contributed by atoms with Crippen LogP contribution in [0.25, 0.3) is 16.9 Å². The van der Waals surface area contributed by atoms with Crippen LogP contribution in [-0.4, -0.2) is 46.0 Å². The lowest BCUT2D eigenvalue weighted by atomic mass is 10.0. The minimum Gasteiger partial charge on any atom is -0.455 e. The minimum atomic E-state index is -2.88.